The predicted octanol–water partition coefficient (Wildman–Crippen LogP) is 2.10. The summed E-state index contributed by atoms with van der Waals surface area (Å²) in [4.78, 5) is 24.9. The Balaban J connectivity index is 1.62. The molecule has 5 N–H and O–H groups in total. The second-order valence-corrected chi connectivity index (χ2v) is 6.49. The van der Waals surface area contributed by atoms with E-state index in [9.17, 15) is 4.79 Å². The lowest BCUT2D eigenvalue weighted by Gasteiger charge is -2.10. The van der Waals surface area contributed by atoms with Crippen LogP contribution in [0.3, 0.4) is 0 Å². The Kier molecular flexibility index (Phi) is 7.12. The van der Waals surface area contributed by atoms with E-state index in [0.717, 1.165) is 16.8 Å². The summed E-state index contributed by atoms with van der Waals surface area (Å²) in [7, 11) is 1.57. The number of nitrogens with one attached hydrogen (secondary N) is 1. The van der Waals surface area contributed by atoms with Crippen LogP contribution >= 0.6 is 0 Å². The standard InChI is InChI=1S/C21H24N6O3/c1-29-8-9-30-18-13-26-19(21(23)27-18)17(28)11-14-4-2-5-15(10-14)12-25-16-6-3-7-24-20(16)22/h2-7,10,13,25H,8-9,11-12H2,1H3,(H2,22,24)(H2,23,27). The lowest BCUT2D eigenvalue weighted by Crippen LogP contribution is -2.13. The van der Waals surface area contributed by atoms with Crippen molar-refractivity contribution in [2.45, 2.75) is 13.0 Å². The summed E-state index contributed by atoms with van der Waals surface area (Å²) >= 11 is 0. The van der Waals surface area contributed by atoms with E-state index in [0.29, 0.717) is 25.6 Å². The number of methoxy groups -OCH3 is 1. The van der Waals surface area contributed by atoms with Crippen LogP contribution in [0, 0.1) is 0 Å². The molecule has 30 heavy (non-hydrogen) atoms. The van der Waals surface area contributed by atoms with Crippen LogP contribution in [0.4, 0.5) is 17.3 Å². The van der Waals surface area contributed by atoms with Gasteiger partial charge in [-0.05, 0) is 23.3 Å². The number of Topliss-reactive ketones (excluding diaryl/α,β-unsaturated/α-hetero) is 1. The van der Waals surface area contributed by atoms with E-state index in [1.807, 2.05) is 36.4 Å². The van der Waals surface area contributed by atoms with Crippen LogP contribution in [0.15, 0.2) is 48.8 Å². The van der Waals surface area contributed by atoms with E-state index in [4.69, 9.17) is 20.9 Å². The summed E-state index contributed by atoms with van der Waals surface area (Å²) in [5, 5.41) is 3.24. The third-order valence-corrected chi connectivity index (χ3v) is 4.26. The normalized spacial score (nSPS) is 10.6. The Hall–Kier alpha value is -3.72. The number of aromatic nitrogens is 3. The van der Waals surface area contributed by atoms with Crippen molar-refractivity contribution in [3.05, 3.63) is 65.6 Å². The van der Waals surface area contributed by atoms with Crippen LogP contribution in [0.5, 0.6) is 5.88 Å². The molecule has 3 rings (SSSR count). The van der Waals surface area contributed by atoms with Crippen molar-refractivity contribution in [2.24, 2.45) is 0 Å². The highest BCUT2D eigenvalue weighted by molar-refractivity contribution is 5.99. The monoisotopic (exact) mass is 408 g/mol. The number of hydrogen-bond donors (Lipinski definition) is 3. The lowest BCUT2D eigenvalue weighted by molar-refractivity contribution is 0.0988. The van der Waals surface area contributed by atoms with E-state index in [1.165, 1.54) is 6.20 Å². The zero-order valence-electron chi connectivity index (χ0n) is 16.7. The molecular formula is C21H24N6O3. The zero-order chi connectivity index (χ0) is 21.3. The fourth-order valence-corrected chi connectivity index (χ4v) is 2.78. The molecule has 0 saturated heterocycles. The molecule has 0 amide bonds. The molecule has 0 aliphatic rings. The molecule has 3 aromatic rings. The van der Waals surface area contributed by atoms with E-state index in [1.54, 1.807) is 13.3 Å². The Morgan fingerprint density at radius 1 is 1.07 bits per heavy atom. The van der Waals surface area contributed by atoms with E-state index in [2.05, 4.69) is 20.3 Å². The van der Waals surface area contributed by atoms with Gasteiger partial charge >= 0.3 is 0 Å². The number of rotatable bonds is 10. The first kappa shape index (κ1) is 21.0. The second kappa shape index (κ2) is 10.2. The van der Waals surface area contributed by atoms with Crippen molar-refractivity contribution in [3.8, 4) is 5.88 Å². The quantitative estimate of drug-likeness (QED) is 0.340. The first-order valence-corrected chi connectivity index (χ1v) is 9.36. The largest absolute Gasteiger partial charge is 0.474 e. The van der Waals surface area contributed by atoms with Gasteiger partial charge in [-0.2, -0.15) is 4.98 Å². The molecule has 0 spiro atoms. The van der Waals surface area contributed by atoms with Crippen molar-refractivity contribution in [3.63, 3.8) is 0 Å². The highest BCUT2D eigenvalue weighted by Gasteiger charge is 2.15. The fourth-order valence-electron chi connectivity index (χ4n) is 2.78. The molecule has 0 radical (unpaired) electrons. The molecule has 0 aliphatic heterocycles. The number of nitrogens with zero attached hydrogens (tertiary/aromatic N) is 3. The minimum atomic E-state index is -0.218. The molecule has 9 nitrogen and oxygen atoms in total. The molecule has 2 heterocycles. The number of anilines is 3. The summed E-state index contributed by atoms with van der Waals surface area (Å²) in [5.74, 6) is 0.515. The summed E-state index contributed by atoms with van der Waals surface area (Å²) in [6, 6.07) is 11.4. The van der Waals surface area contributed by atoms with Gasteiger partial charge in [0.15, 0.2) is 11.6 Å². The third kappa shape index (κ3) is 5.65. The topological polar surface area (TPSA) is 138 Å². The average Bonchev–Trinajstić information content (AvgIpc) is 2.74. The Labute approximate surface area is 174 Å². The Bertz CT molecular complexity index is 1010. The zero-order valence-corrected chi connectivity index (χ0v) is 16.7. The lowest BCUT2D eigenvalue weighted by atomic mass is 10.0. The van der Waals surface area contributed by atoms with Gasteiger partial charge in [-0.15, -0.1) is 0 Å². The van der Waals surface area contributed by atoms with Crippen LogP contribution < -0.4 is 21.5 Å². The van der Waals surface area contributed by atoms with Crippen LogP contribution in [-0.4, -0.2) is 41.1 Å². The molecular weight excluding hydrogens is 384 g/mol. The van der Waals surface area contributed by atoms with Gasteiger partial charge in [-0.3, -0.25) is 4.79 Å². The fraction of sp³-hybridized carbons (Fsp3) is 0.238. The van der Waals surface area contributed by atoms with Crippen LogP contribution in [0.25, 0.3) is 0 Å². The number of carbonyl (C=O) groups excluding carboxylic acids is 1. The van der Waals surface area contributed by atoms with Gasteiger partial charge < -0.3 is 26.3 Å². The summed E-state index contributed by atoms with van der Waals surface area (Å²) in [6.45, 7) is 1.29. The summed E-state index contributed by atoms with van der Waals surface area (Å²) in [5.41, 5.74) is 14.5. The maximum absolute atomic E-state index is 12.7. The maximum Gasteiger partial charge on any atom is 0.234 e. The number of carbonyl (C=O) groups is 1. The van der Waals surface area contributed by atoms with Gasteiger partial charge in [0.1, 0.15) is 18.1 Å². The molecule has 0 fully saturated rings. The first-order valence-electron chi connectivity index (χ1n) is 9.36. The number of ether oxygens (including phenoxy) is 2. The van der Waals surface area contributed by atoms with E-state index < -0.39 is 0 Å². The highest BCUT2D eigenvalue weighted by Crippen LogP contribution is 2.17. The van der Waals surface area contributed by atoms with E-state index in [-0.39, 0.29) is 29.6 Å². The summed E-state index contributed by atoms with van der Waals surface area (Å²) in [6.07, 6.45) is 3.18. The van der Waals surface area contributed by atoms with Gasteiger partial charge in [-0.25, -0.2) is 9.97 Å². The molecule has 0 unspecified atom stereocenters. The van der Waals surface area contributed by atoms with Crippen LogP contribution in [0.1, 0.15) is 21.6 Å². The number of nitrogens with two attached hydrogens (primary N) is 2. The summed E-state index contributed by atoms with van der Waals surface area (Å²) < 4.78 is 10.3. The van der Waals surface area contributed by atoms with Crippen molar-refractivity contribution >= 4 is 23.1 Å². The molecule has 0 aliphatic carbocycles. The minimum Gasteiger partial charge on any atom is -0.474 e. The SMILES string of the molecule is COCCOc1cnc(C(=O)Cc2cccc(CNc3cccnc3N)c2)c(N)n1. The number of hydrogen-bond acceptors (Lipinski definition) is 9. The van der Waals surface area contributed by atoms with Gasteiger partial charge in [0.05, 0.1) is 18.5 Å². The van der Waals surface area contributed by atoms with Crippen molar-refractivity contribution < 1.29 is 14.3 Å². The second-order valence-electron chi connectivity index (χ2n) is 6.49. The van der Waals surface area contributed by atoms with Gasteiger partial charge in [0, 0.05) is 26.3 Å². The molecule has 1 aromatic carbocycles. The van der Waals surface area contributed by atoms with Gasteiger partial charge in [0.2, 0.25) is 5.88 Å². The first-order chi connectivity index (χ1) is 14.6. The van der Waals surface area contributed by atoms with Crippen molar-refractivity contribution in [1.82, 2.24) is 15.0 Å². The van der Waals surface area contributed by atoms with Crippen molar-refractivity contribution in [2.75, 3.05) is 37.1 Å². The molecule has 0 atom stereocenters. The predicted molar refractivity (Wildman–Crippen MR) is 114 cm³/mol. The average molecular weight is 408 g/mol. The van der Waals surface area contributed by atoms with E-state index >= 15 is 0 Å². The molecule has 156 valence electrons. The van der Waals surface area contributed by atoms with Crippen LogP contribution in [0.2, 0.25) is 0 Å². The third-order valence-electron chi connectivity index (χ3n) is 4.26. The smallest absolute Gasteiger partial charge is 0.234 e. The van der Waals surface area contributed by atoms with Gasteiger partial charge in [0.25, 0.3) is 0 Å². The van der Waals surface area contributed by atoms with Crippen molar-refractivity contribution in [1.29, 1.82) is 0 Å². The van der Waals surface area contributed by atoms with Gasteiger partial charge in [-0.1, -0.05) is 24.3 Å². The minimum absolute atomic E-state index is 0.0415. The Morgan fingerprint density at radius 2 is 1.90 bits per heavy atom. The molecule has 2 aromatic heterocycles. The molecule has 9 heteroatoms. The number of benzene rings is 1. The van der Waals surface area contributed by atoms with Crippen LogP contribution in [-0.2, 0) is 17.7 Å². The number of pyridine rings is 1. The molecule has 0 saturated carbocycles. The number of ketones is 1. The Morgan fingerprint density at radius 3 is 2.67 bits per heavy atom. The molecule has 0 bridgehead atoms. The maximum atomic E-state index is 12.7. The highest BCUT2D eigenvalue weighted by atomic mass is 16.5. The number of nitrogen functional groups attached to an aromatic ring is 2.